The van der Waals surface area contributed by atoms with E-state index < -0.39 is 0 Å². The molecule has 2 aromatic carbocycles. The van der Waals surface area contributed by atoms with Crippen LogP contribution in [0.3, 0.4) is 0 Å². The fourth-order valence-corrected chi connectivity index (χ4v) is 2.03. The van der Waals surface area contributed by atoms with Crippen molar-refractivity contribution >= 4 is 11.7 Å². The zero-order chi connectivity index (χ0) is 16.7. The zero-order valence-electron chi connectivity index (χ0n) is 13.6. The monoisotopic (exact) mass is 314 g/mol. The Hall–Kier alpha value is -2.69. The van der Waals surface area contributed by atoms with Crippen LogP contribution in [0.25, 0.3) is 0 Å². The number of ether oxygens (including phenoxy) is 2. The van der Waals surface area contributed by atoms with E-state index in [0.29, 0.717) is 18.0 Å². The van der Waals surface area contributed by atoms with E-state index in [1.165, 1.54) is 5.56 Å². The van der Waals surface area contributed by atoms with Crippen LogP contribution >= 0.6 is 0 Å². The molecule has 0 saturated heterocycles. The molecule has 0 spiro atoms. The van der Waals surface area contributed by atoms with Crippen LogP contribution in [0.5, 0.6) is 11.5 Å². The van der Waals surface area contributed by atoms with E-state index in [2.05, 4.69) is 10.6 Å². The summed E-state index contributed by atoms with van der Waals surface area (Å²) in [5.41, 5.74) is 1.80. The predicted octanol–water partition coefficient (Wildman–Crippen LogP) is 3.59. The number of nitrogens with one attached hydrogen (secondary N) is 2. The molecule has 0 aliphatic heterocycles. The minimum absolute atomic E-state index is 0.133. The van der Waals surface area contributed by atoms with Gasteiger partial charge in [-0.1, -0.05) is 29.8 Å². The minimum Gasteiger partial charge on any atom is -0.495 e. The molecule has 2 amide bonds. The van der Waals surface area contributed by atoms with E-state index in [0.717, 1.165) is 5.75 Å². The number of rotatable bonds is 6. The Bertz CT molecular complexity index is 641. The topological polar surface area (TPSA) is 59.6 Å². The minimum atomic E-state index is -0.297. The molecule has 0 radical (unpaired) electrons. The fraction of sp³-hybridized carbons (Fsp3) is 0.278. The second-order valence-electron chi connectivity index (χ2n) is 5.32. The van der Waals surface area contributed by atoms with Crippen molar-refractivity contribution in [2.24, 2.45) is 0 Å². The molecule has 0 aliphatic carbocycles. The lowest BCUT2D eigenvalue weighted by molar-refractivity contribution is 0.236. The molecular weight excluding hydrogens is 292 g/mol. The number of para-hydroxylation sites is 2. The molecule has 0 fully saturated rings. The maximum Gasteiger partial charge on any atom is 0.319 e. The molecule has 122 valence electrons. The molecule has 0 unspecified atom stereocenters. The van der Waals surface area contributed by atoms with E-state index in [1.807, 2.05) is 50.2 Å². The van der Waals surface area contributed by atoms with Gasteiger partial charge in [0.2, 0.25) is 0 Å². The third-order valence-electron chi connectivity index (χ3n) is 3.25. The Morgan fingerprint density at radius 2 is 1.83 bits per heavy atom. The van der Waals surface area contributed by atoms with Crippen molar-refractivity contribution in [2.45, 2.75) is 19.9 Å². The lowest BCUT2D eigenvalue weighted by Gasteiger charge is -2.16. The number of hydrogen-bond donors (Lipinski definition) is 2. The molecule has 0 aromatic heterocycles. The molecule has 2 rings (SSSR count). The van der Waals surface area contributed by atoms with Crippen molar-refractivity contribution in [1.82, 2.24) is 5.32 Å². The van der Waals surface area contributed by atoms with Gasteiger partial charge in [-0.25, -0.2) is 4.79 Å². The number of carbonyl (C=O) groups is 1. The van der Waals surface area contributed by atoms with Crippen LogP contribution in [0.2, 0.25) is 0 Å². The number of aryl methyl sites for hydroxylation is 1. The van der Waals surface area contributed by atoms with Gasteiger partial charge in [-0.05, 0) is 38.1 Å². The molecule has 0 saturated carbocycles. The van der Waals surface area contributed by atoms with Gasteiger partial charge in [0, 0.05) is 0 Å². The summed E-state index contributed by atoms with van der Waals surface area (Å²) in [6.07, 6.45) is 0. The number of hydrogen-bond acceptors (Lipinski definition) is 3. The smallest absolute Gasteiger partial charge is 0.319 e. The highest BCUT2D eigenvalue weighted by molar-refractivity contribution is 5.91. The third kappa shape index (κ3) is 5.21. The molecule has 2 aromatic rings. The highest BCUT2D eigenvalue weighted by atomic mass is 16.5. The molecule has 5 nitrogen and oxygen atoms in total. The van der Waals surface area contributed by atoms with Crippen LogP contribution in [0.1, 0.15) is 12.5 Å². The van der Waals surface area contributed by atoms with Gasteiger partial charge in [0.25, 0.3) is 0 Å². The Morgan fingerprint density at radius 3 is 2.52 bits per heavy atom. The quantitative estimate of drug-likeness (QED) is 0.856. The van der Waals surface area contributed by atoms with Crippen molar-refractivity contribution in [3.63, 3.8) is 0 Å². The molecule has 5 heteroatoms. The molecule has 0 bridgehead atoms. The first-order chi connectivity index (χ1) is 11.1. The van der Waals surface area contributed by atoms with Crippen molar-refractivity contribution < 1.29 is 14.3 Å². The summed E-state index contributed by atoms with van der Waals surface area (Å²) in [6, 6.07) is 14.6. The van der Waals surface area contributed by atoms with Crippen LogP contribution in [-0.2, 0) is 0 Å². The van der Waals surface area contributed by atoms with Crippen LogP contribution < -0.4 is 20.1 Å². The van der Waals surface area contributed by atoms with Crippen molar-refractivity contribution in [2.75, 3.05) is 19.0 Å². The van der Waals surface area contributed by atoms with Crippen LogP contribution in [0.15, 0.2) is 48.5 Å². The third-order valence-corrected chi connectivity index (χ3v) is 3.25. The summed E-state index contributed by atoms with van der Waals surface area (Å²) in [4.78, 5) is 12.0. The number of anilines is 1. The van der Waals surface area contributed by atoms with Gasteiger partial charge in [0.05, 0.1) is 18.8 Å². The normalized spacial score (nSPS) is 11.4. The van der Waals surface area contributed by atoms with Crippen molar-refractivity contribution in [1.29, 1.82) is 0 Å². The second-order valence-corrected chi connectivity index (χ2v) is 5.32. The summed E-state index contributed by atoms with van der Waals surface area (Å²) in [5, 5.41) is 5.60. The number of carbonyl (C=O) groups excluding carboxylic acids is 1. The summed E-state index contributed by atoms with van der Waals surface area (Å²) in [7, 11) is 1.57. The first-order valence-corrected chi connectivity index (χ1v) is 7.48. The summed E-state index contributed by atoms with van der Waals surface area (Å²) >= 11 is 0. The van der Waals surface area contributed by atoms with Gasteiger partial charge >= 0.3 is 6.03 Å². The Balaban J connectivity index is 1.81. The number of urea groups is 1. The maximum absolute atomic E-state index is 12.0. The van der Waals surface area contributed by atoms with E-state index in [-0.39, 0.29) is 12.1 Å². The molecule has 1 atom stereocenters. The lowest BCUT2D eigenvalue weighted by atomic mass is 10.2. The molecule has 0 aliphatic rings. The standard InChI is InChI=1S/C18H22N2O3/c1-13-8-10-15(11-9-13)23-12-14(2)19-18(21)20-16-6-4-5-7-17(16)22-3/h4-11,14H,12H2,1-3H3,(H2,19,20,21)/t14-/m0/s1. The van der Waals surface area contributed by atoms with Crippen LogP contribution in [0, 0.1) is 6.92 Å². The van der Waals surface area contributed by atoms with Gasteiger partial charge in [-0.15, -0.1) is 0 Å². The maximum atomic E-state index is 12.0. The SMILES string of the molecule is COc1ccccc1NC(=O)N[C@@H](C)COc1ccc(C)cc1. The van der Waals surface area contributed by atoms with Gasteiger partial charge < -0.3 is 20.1 Å². The highest BCUT2D eigenvalue weighted by Gasteiger charge is 2.10. The number of methoxy groups -OCH3 is 1. The largest absolute Gasteiger partial charge is 0.495 e. The Kier molecular flexibility index (Phi) is 5.86. The fourth-order valence-electron chi connectivity index (χ4n) is 2.03. The van der Waals surface area contributed by atoms with Gasteiger partial charge in [-0.2, -0.15) is 0 Å². The van der Waals surface area contributed by atoms with Crippen LogP contribution in [-0.4, -0.2) is 25.8 Å². The molecule has 2 N–H and O–H groups in total. The zero-order valence-corrected chi connectivity index (χ0v) is 13.6. The van der Waals surface area contributed by atoms with Gasteiger partial charge in [-0.3, -0.25) is 0 Å². The highest BCUT2D eigenvalue weighted by Crippen LogP contribution is 2.22. The van der Waals surface area contributed by atoms with E-state index >= 15 is 0 Å². The first kappa shape index (κ1) is 16.7. The average molecular weight is 314 g/mol. The van der Waals surface area contributed by atoms with Gasteiger partial charge in [0.15, 0.2) is 0 Å². The number of amides is 2. The van der Waals surface area contributed by atoms with Crippen molar-refractivity contribution in [3.05, 3.63) is 54.1 Å². The molecular formula is C18H22N2O3. The molecule has 23 heavy (non-hydrogen) atoms. The average Bonchev–Trinajstić information content (AvgIpc) is 2.54. The predicted molar refractivity (Wildman–Crippen MR) is 91.3 cm³/mol. The first-order valence-electron chi connectivity index (χ1n) is 7.48. The van der Waals surface area contributed by atoms with Crippen molar-refractivity contribution in [3.8, 4) is 11.5 Å². The van der Waals surface area contributed by atoms with Gasteiger partial charge in [0.1, 0.15) is 18.1 Å². The summed E-state index contributed by atoms with van der Waals surface area (Å²) < 4.78 is 10.9. The summed E-state index contributed by atoms with van der Waals surface area (Å²) in [6.45, 7) is 4.30. The van der Waals surface area contributed by atoms with E-state index in [4.69, 9.17) is 9.47 Å². The van der Waals surface area contributed by atoms with E-state index in [1.54, 1.807) is 19.2 Å². The Labute approximate surface area is 136 Å². The summed E-state index contributed by atoms with van der Waals surface area (Å²) in [5.74, 6) is 1.40. The number of benzene rings is 2. The molecule has 0 heterocycles. The Morgan fingerprint density at radius 1 is 1.13 bits per heavy atom. The van der Waals surface area contributed by atoms with Crippen LogP contribution in [0.4, 0.5) is 10.5 Å². The second kappa shape index (κ2) is 8.08. The van der Waals surface area contributed by atoms with E-state index in [9.17, 15) is 4.79 Å². The lowest BCUT2D eigenvalue weighted by Crippen LogP contribution is -2.39.